The van der Waals surface area contributed by atoms with E-state index in [1.54, 1.807) is 19.4 Å². The van der Waals surface area contributed by atoms with Crippen LogP contribution < -0.4 is 10.1 Å². The van der Waals surface area contributed by atoms with Crippen molar-refractivity contribution in [2.45, 2.75) is 50.7 Å². The molecule has 2 bridgehead atoms. The minimum atomic E-state index is -0.204. The Morgan fingerprint density at radius 1 is 1.14 bits per heavy atom. The summed E-state index contributed by atoms with van der Waals surface area (Å²) in [4.78, 5) is 35.8. The van der Waals surface area contributed by atoms with Crippen molar-refractivity contribution in [1.82, 2.24) is 20.2 Å². The maximum atomic E-state index is 13.1. The Morgan fingerprint density at radius 2 is 1.89 bits per heavy atom. The van der Waals surface area contributed by atoms with Gasteiger partial charge in [0.2, 0.25) is 0 Å². The molecule has 2 aliphatic heterocycles. The summed E-state index contributed by atoms with van der Waals surface area (Å²) in [7, 11) is 1.60. The van der Waals surface area contributed by atoms with E-state index < -0.39 is 0 Å². The number of amides is 2. The molecule has 0 saturated carbocycles. The lowest BCUT2D eigenvalue weighted by Crippen LogP contribution is -2.52. The second-order valence-electron chi connectivity index (χ2n) is 7.51. The second kappa shape index (κ2) is 7.58. The van der Waals surface area contributed by atoms with Crippen LogP contribution in [0.4, 0.5) is 0 Å². The number of nitrogens with one attached hydrogen (secondary N) is 1. The van der Waals surface area contributed by atoms with E-state index in [4.69, 9.17) is 4.74 Å². The Bertz CT molecular complexity index is 869. The molecule has 2 fully saturated rings. The number of benzene rings is 1. The van der Waals surface area contributed by atoms with E-state index in [1.807, 2.05) is 30.0 Å². The lowest BCUT2D eigenvalue weighted by Gasteiger charge is -2.39. The molecular formula is C21H24N4O3. The van der Waals surface area contributed by atoms with Crippen LogP contribution in [-0.4, -0.2) is 51.9 Å². The topological polar surface area (TPSA) is 84.4 Å². The molecule has 4 rings (SSSR count). The van der Waals surface area contributed by atoms with E-state index in [1.165, 1.54) is 6.20 Å². The summed E-state index contributed by atoms with van der Waals surface area (Å²) in [6, 6.07) is 7.62. The first kappa shape index (κ1) is 18.4. The normalized spacial score (nSPS) is 23.4. The zero-order chi connectivity index (χ0) is 19.7. The van der Waals surface area contributed by atoms with E-state index in [-0.39, 0.29) is 29.9 Å². The molecule has 28 heavy (non-hydrogen) atoms. The fraction of sp³-hybridized carbons (Fsp3) is 0.429. The molecule has 146 valence electrons. The zero-order valence-corrected chi connectivity index (χ0v) is 16.1. The van der Waals surface area contributed by atoms with Gasteiger partial charge < -0.3 is 15.0 Å². The summed E-state index contributed by atoms with van der Waals surface area (Å²) < 4.78 is 5.24. The number of hydrogen-bond acceptors (Lipinski definition) is 5. The third-order valence-electron chi connectivity index (χ3n) is 5.63. The Morgan fingerprint density at radius 3 is 2.54 bits per heavy atom. The van der Waals surface area contributed by atoms with Gasteiger partial charge in [-0.15, -0.1) is 0 Å². The number of aromatic nitrogens is 2. The van der Waals surface area contributed by atoms with Crippen LogP contribution in [0, 0.1) is 6.92 Å². The standard InChI is InChI=1S/C21H24N4O3/c1-13-11-23-19(12-22-13)20(26)24-15-9-16-6-7-17(10-15)25(16)21(27)14-4-3-5-18(8-14)28-2/h3-5,8,11-12,15-17H,6-7,9-10H2,1-2H3,(H,24,26). The van der Waals surface area contributed by atoms with Crippen molar-refractivity contribution in [2.24, 2.45) is 0 Å². The predicted molar refractivity (Wildman–Crippen MR) is 103 cm³/mol. The van der Waals surface area contributed by atoms with Crippen LogP contribution >= 0.6 is 0 Å². The molecule has 3 heterocycles. The summed E-state index contributed by atoms with van der Waals surface area (Å²) in [5, 5.41) is 3.07. The number of carbonyl (C=O) groups is 2. The van der Waals surface area contributed by atoms with Crippen molar-refractivity contribution >= 4 is 11.8 Å². The van der Waals surface area contributed by atoms with Crippen LogP contribution in [0.3, 0.4) is 0 Å². The fourth-order valence-corrected chi connectivity index (χ4v) is 4.30. The molecule has 1 N–H and O–H groups in total. The summed E-state index contributed by atoms with van der Waals surface area (Å²) in [6.45, 7) is 1.83. The van der Waals surface area contributed by atoms with Crippen LogP contribution in [0.1, 0.15) is 52.2 Å². The van der Waals surface area contributed by atoms with E-state index in [0.717, 1.165) is 31.4 Å². The highest BCUT2D eigenvalue weighted by atomic mass is 16.5. The summed E-state index contributed by atoms with van der Waals surface area (Å²) in [5.41, 5.74) is 1.75. The number of aryl methyl sites for hydroxylation is 1. The molecule has 2 saturated heterocycles. The molecule has 0 aliphatic carbocycles. The van der Waals surface area contributed by atoms with Crippen molar-refractivity contribution in [1.29, 1.82) is 0 Å². The molecule has 2 aromatic rings. The molecular weight excluding hydrogens is 356 g/mol. The smallest absolute Gasteiger partial charge is 0.271 e. The fourth-order valence-electron chi connectivity index (χ4n) is 4.30. The van der Waals surface area contributed by atoms with Crippen molar-refractivity contribution in [3.8, 4) is 5.75 Å². The van der Waals surface area contributed by atoms with Gasteiger partial charge in [0.15, 0.2) is 0 Å². The highest BCUT2D eigenvalue weighted by molar-refractivity contribution is 5.95. The van der Waals surface area contributed by atoms with Crippen LogP contribution in [0.25, 0.3) is 0 Å². The Kier molecular flexibility index (Phi) is 4.98. The number of carbonyl (C=O) groups excluding carboxylic acids is 2. The van der Waals surface area contributed by atoms with E-state index in [9.17, 15) is 9.59 Å². The van der Waals surface area contributed by atoms with Gasteiger partial charge in [-0.1, -0.05) is 6.07 Å². The number of rotatable bonds is 4. The predicted octanol–water partition coefficient (Wildman–Crippen LogP) is 2.36. The molecule has 0 radical (unpaired) electrons. The van der Waals surface area contributed by atoms with Gasteiger partial charge in [0.1, 0.15) is 11.4 Å². The third-order valence-corrected chi connectivity index (χ3v) is 5.63. The number of piperidine rings is 1. The van der Waals surface area contributed by atoms with Gasteiger partial charge in [-0.25, -0.2) is 4.98 Å². The first-order valence-corrected chi connectivity index (χ1v) is 9.61. The lowest BCUT2D eigenvalue weighted by atomic mass is 9.96. The van der Waals surface area contributed by atoms with Gasteiger partial charge in [-0.05, 0) is 50.8 Å². The number of methoxy groups -OCH3 is 1. The van der Waals surface area contributed by atoms with Gasteiger partial charge in [-0.3, -0.25) is 14.6 Å². The Balaban J connectivity index is 1.43. The quantitative estimate of drug-likeness (QED) is 0.880. The van der Waals surface area contributed by atoms with E-state index in [2.05, 4.69) is 15.3 Å². The van der Waals surface area contributed by atoms with Gasteiger partial charge in [0.25, 0.3) is 11.8 Å². The summed E-state index contributed by atoms with van der Waals surface area (Å²) >= 11 is 0. The number of fused-ring (bicyclic) bond motifs is 2. The molecule has 2 amide bonds. The van der Waals surface area contributed by atoms with Gasteiger partial charge in [-0.2, -0.15) is 0 Å². The van der Waals surface area contributed by atoms with Crippen molar-refractivity contribution in [3.05, 3.63) is 53.6 Å². The summed E-state index contributed by atoms with van der Waals surface area (Å²) in [6.07, 6.45) is 6.55. The van der Waals surface area contributed by atoms with Crippen LogP contribution in [0.2, 0.25) is 0 Å². The lowest BCUT2D eigenvalue weighted by molar-refractivity contribution is 0.0549. The minimum Gasteiger partial charge on any atom is -0.497 e. The first-order valence-electron chi connectivity index (χ1n) is 9.61. The van der Waals surface area contributed by atoms with Crippen LogP contribution in [0.5, 0.6) is 5.75 Å². The van der Waals surface area contributed by atoms with E-state index >= 15 is 0 Å². The molecule has 1 aromatic heterocycles. The molecule has 2 atom stereocenters. The van der Waals surface area contributed by atoms with Crippen LogP contribution in [0.15, 0.2) is 36.7 Å². The maximum Gasteiger partial charge on any atom is 0.271 e. The molecule has 7 heteroatoms. The number of nitrogens with zero attached hydrogens (tertiary/aromatic N) is 3. The van der Waals surface area contributed by atoms with Crippen molar-refractivity contribution in [3.63, 3.8) is 0 Å². The monoisotopic (exact) mass is 380 g/mol. The molecule has 7 nitrogen and oxygen atoms in total. The van der Waals surface area contributed by atoms with Gasteiger partial charge >= 0.3 is 0 Å². The van der Waals surface area contributed by atoms with Gasteiger partial charge in [0.05, 0.1) is 19.0 Å². The first-order chi connectivity index (χ1) is 13.5. The zero-order valence-electron chi connectivity index (χ0n) is 16.1. The van der Waals surface area contributed by atoms with Crippen molar-refractivity contribution < 1.29 is 14.3 Å². The Labute approximate surface area is 164 Å². The van der Waals surface area contributed by atoms with Crippen molar-refractivity contribution in [2.75, 3.05) is 7.11 Å². The largest absolute Gasteiger partial charge is 0.497 e. The molecule has 0 spiro atoms. The number of hydrogen-bond donors (Lipinski definition) is 1. The SMILES string of the molecule is COc1cccc(C(=O)N2C3CCC2CC(NC(=O)c2cnc(C)cn2)C3)c1. The summed E-state index contributed by atoms with van der Waals surface area (Å²) in [5.74, 6) is 0.518. The second-order valence-corrected chi connectivity index (χ2v) is 7.51. The van der Waals surface area contributed by atoms with Crippen LogP contribution in [-0.2, 0) is 0 Å². The number of ether oxygens (including phenoxy) is 1. The third kappa shape index (κ3) is 3.56. The highest BCUT2D eigenvalue weighted by Crippen LogP contribution is 2.37. The van der Waals surface area contributed by atoms with Gasteiger partial charge in [0, 0.05) is 29.9 Å². The maximum absolute atomic E-state index is 13.1. The highest BCUT2D eigenvalue weighted by Gasteiger charge is 2.43. The van der Waals surface area contributed by atoms with E-state index in [0.29, 0.717) is 17.0 Å². The Hall–Kier alpha value is -2.96. The molecule has 2 aliphatic rings. The molecule has 1 aromatic carbocycles. The molecule has 2 unspecified atom stereocenters. The average molecular weight is 380 g/mol. The average Bonchev–Trinajstić information content (AvgIpc) is 2.98. The minimum absolute atomic E-state index is 0.0422.